The summed E-state index contributed by atoms with van der Waals surface area (Å²) in [6.45, 7) is 5.89. The molecule has 2 aromatic carbocycles. The molecule has 0 spiro atoms. The molecule has 12 nitrogen and oxygen atoms in total. The number of anilines is 1. The minimum atomic E-state index is -5.08. The zero-order valence-electron chi connectivity index (χ0n) is 28.0. The third kappa shape index (κ3) is 11.2. The van der Waals surface area contributed by atoms with Gasteiger partial charge in [-0.3, -0.25) is 14.3 Å². The number of carboxylic acid groups (broad SMARTS) is 1. The van der Waals surface area contributed by atoms with Crippen LogP contribution in [0.1, 0.15) is 50.2 Å². The van der Waals surface area contributed by atoms with Gasteiger partial charge in [-0.05, 0) is 61.9 Å². The maximum atomic E-state index is 13.2. The molecule has 50 heavy (non-hydrogen) atoms. The Balaban J connectivity index is 0.000000727. The molecule has 0 bridgehead atoms. The van der Waals surface area contributed by atoms with Gasteiger partial charge in [0.2, 0.25) is 5.91 Å². The van der Waals surface area contributed by atoms with Crippen molar-refractivity contribution in [1.29, 1.82) is 0 Å². The van der Waals surface area contributed by atoms with E-state index in [-0.39, 0.29) is 24.2 Å². The third-order valence-corrected chi connectivity index (χ3v) is 8.47. The van der Waals surface area contributed by atoms with Gasteiger partial charge in [0.15, 0.2) is 12.4 Å². The number of benzene rings is 2. The van der Waals surface area contributed by atoms with E-state index in [4.69, 9.17) is 19.4 Å². The van der Waals surface area contributed by atoms with Gasteiger partial charge in [-0.2, -0.15) is 18.3 Å². The van der Waals surface area contributed by atoms with Gasteiger partial charge in [0, 0.05) is 37.4 Å². The number of nitrogens with one attached hydrogen (secondary N) is 2. The van der Waals surface area contributed by atoms with Gasteiger partial charge in [-0.25, -0.2) is 4.79 Å². The summed E-state index contributed by atoms with van der Waals surface area (Å²) in [5.74, 6) is -2.35. The lowest BCUT2D eigenvalue weighted by Gasteiger charge is -2.29. The molecule has 1 aromatic heterocycles. The fraction of sp³-hybridized carbons (Fsp3) is 0.486. The maximum Gasteiger partial charge on any atom is 0.490 e. The van der Waals surface area contributed by atoms with Gasteiger partial charge in [0.1, 0.15) is 11.4 Å². The zero-order chi connectivity index (χ0) is 36.1. The van der Waals surface area contributed by atoms with Crippen LogP contribution < -0.4 is 15.4 Å². The van der Waals surface area contributed by atoms with Crippen molar-refractivity contribution in [3.63, 3.8) is 0 Å². The standard InChI is InChI=1S/C33H43N5O5.C2HF3O2/c1-2-37-22-27(21-35-37)26-7-5-6-24(20-26)13-18-42-19-14-31(41)38(28-8-3-4-9-28)17-16-34-15-12-25-10-11-29(39)32-33(25)43-23-30(40)36-32;3-2(4,5)1(6)7/h5-7,10-11,20-22,28,34,39H,2-4,8-9,12-19,23H2,1H3,(H,36,40);(H,6,7). The fourth-order valence-corrected chi connectivity index (χ4v) is 5.87. The number of aromatic hydroxyl groups is 1. The van der Waals surface area contributed by atoms with E-state index in [1.807, 2.05) is 21.8 Å². The van der Waals surface area contributed by atoms with Crippen LogP contribution in [0.25, 0.3) is 11.1 Å². The van der Waals surface area contributed by atoms with Crippen molar-refractivity contribution in [3.05, 3.63) is 59.9 Å². The lowest BCUT2D eigenvalue weighted by atomic mass is 10.0. The second kappa shape index (κ2) is 18.4. The van der Waals surface area contributed by atoms with Crippen LogP contribution in [-0.2, 0) is 38.5 Å². The number of nitrogens with zero attached hydrogens (tertiary/aromatic N) is 3. The number of carbonyl (C=O) groups excluding carboxylic acids is 2. The van der Waals surface area contributed by atoms with Gasteiger partial charge >= 0.3 is 12.1 Å². The van der Waals surface area contributed by atoms with Crippen molar-refractivity contribution >= 4 is 23.5 Å². The molecule has 0 atom stereocenters. The number of hydrogen-bond donors (Lipinski definition) is 4. The summed E-state index contributed by atoms with van der Waals surface area (Å²) in [5.41, 5.74) is 4.72. The number of phenols is 1. The lowest BCUT2D eigenvalue weighted by molar-refractivity contribution is -0.192. The summed E-state index contributed by atoms with van der Waals surface area (Å²) in [4.78, 5) is 35.8. The predicted molar refractivity (Wildman–Crippen MR) is 179 cm³/mol. The minimum absolute atomic E-state index is 0.000108. The van der Waals surface area contributed by atoms with E-state index < -0.39 is 12.1 Å². The number of alkyl halides is 3. The Labute approximate surface area is 288 Å². The highest BCUT2D eigenvalue weighted by Crippen LogP contribution is 2.39. The Morgan fingerprint density at radius 3 is 2.58 bits per heavy atom. The Kier molecular flexibility index (Phi) is 14.0. The van der Waals surface area contributed by atoms with Crippen molar-refractivity contribution in [2.45, 2.75) is 70.6 Å². The first kappa shape index (κ1) is 38.2. The Hall–Kier alpha value is -4.63. The summed E-state index contributed by atoms with van der Waals surface area (Å²) in [7, 11) is 0. The van der Waals surface area contributed by atoms with Crippen LogP contribution in [0.5, 0.6) is 11.5 Å². The lowest BCUT2D eigenvalue weighted by Crippen LogP contribution is -2.43. The summed E-state index contributed by atoms with van der Waals surface area (Å²) >= 11 is 0. The Bertz CT molecular complexity index is 1590. The van der Waals surface area contributed by atoms with Gasteiger partial charge < -0.3 is 35.2 Å². The molecule has 2 aliphatic rings. The maximum absolute atomic E-state index is 13.2. The highest BCUT2D eigenvalue weighted by Gasteiger charge is 2.38. The molecule has 15 heteroatoms. The van der Waals surface area contributed by atoms with Crippen molar-refractivity contribution in [3.8, 4) is 22.6 Å². The number of aromatic nitrogens is 2. The first-order valence-electron chi connectivity index (χ1n) is 16.7. The number of halogens is 3. The smallest absolute Gasteiger partial charge is 0.490 e. The molecule has 1 saturated carbocycles. The molecule has 0 radical (unpaired) electrons. The van der Waals surface area contributed by atoms with Crippen molar-refractivity contribution < 1.29 is 47.2 Å². The van der Waals surface area contributed by atoms with Crippen LogP contribution in [0.4, 0.5) is 18.9 Å². The third-order valence-electron chi connectivity index (χ3n) is 8.47. The number of carboxylic acids is 1. The summed E-state index contributed by atoms with van der Waals surface area (Å²) in [6.07, 6.45) is 5.18. The number of rotatable bonds is 15. The van der Waals surface area contributed by atoms with Crippen LogP contribution in [0, 0.1) is 0 Å². The molecule has 1 aliphatic heterocycles. The topological polar surface area (TPSA) is 155 Å². The number of ether oxygens (including phenoxy) is 2. The molecule has 1 fully saturated rings. The molecule has 2 amide bonds. The van der Waals surface area contributed by atoms with Crippen LogP contribution in [0.15, 0.2) is 48.8 Å². The van der Waals surface area contributed by atoms with Crippen molar-refractivity contribution in [2.75, 3.05) is 44.8 Å². The molecule has 3 aromatic rings. The highest BCUT2D eigenvalue weighted by molar-refractivity contribution is 5.97. The number of fused-ring (bicyclic) bond motifs is 1. The molecule has 0 unspecified atom stereocenters. The van der Waals surface area contributed by atoms with Crippen molar-refractivity contribution in [2.24, 2.45) is 0 Å². The summed E-state index contributed by atoms with van der Waals surface area (Å²) in [5, 5.41) is 27.7. The minimum Gasteiger partial charge on any atom is -0.506 e. The fourth-order valence-electron chi connectivity index (χ4n) is 5.87. The van der Waals surface area contributed by atoms with Crippen LogP contribution >= 0.6 is 0 Å². The SMILES string of the molecule is CCn1cc(-c2cccc(CCOCCC(=O)N(CCNCCc3ccc(O)c4c3OCC(=O)N4)C3CCCC3)c2)cn1.O=C(O)C(F)(F)F. The number of phenolic OH excluding ortho intramolecular Hbond substituents is 1. The predicted octanol–water partition coefficient (Wildman–Crippen LogP) is 4.79. The second-order valence-electron chi connectivity index (χ2n) is 12.0. The van der Waals surface area contributed by atoms with E-state index in [1.54, 1.807) is 6.07 Å². The quantitative estimate of drug-likeness (QED) is 0.129. The van der Waals surface area contributed by atoms with E-state index in [1.165, 1.54) is 18.4 Å². The van der Waals surface area contributed by atoms with Gasteiger partial charge in [0.25, 0.3) is 5.91 Å². The number of aryl methyl sites for hydroxylation is 1. The number of carbonyl (C=O) groups is 3. The number of hydrogen-bond acceptors (Lipinski definition) is 8. The summed E-state index contributed by atoms with van der Waals surface area (Å²) < 4.78 is 45.1. The van der Waals surface area contributed by atoms with Gasteiger partial charge in [-0.15, -0.1) is 0 Å². The van der Waals surface area contributed by atoms with Gasteiger partial charge in [-0.1, -0.05) is 43.2 Å². The molecular formula is C35H44F3N5O7. The molecule has 5 rings (SSSR count). The molecule has 272 valence electrons. The van der Waals surface area contributed by atoms with Crippen LogP contribution in [0.3, 0.4) is 0 Å². The van der Waals surface area contributed by atoms with Crippen molar-refractivity contribution in [1.82, 2.24) is 20.0 Å². The van der Waals surface area contributed by atoms with Gasteiger partial charge in [0.05, 0.1) is 25.8 Å². The monoisotopic (exact) mass is 703 g/mol. The molecule has 2 heterocycles. The van der Waals surface area contributed by atoms with Crippen LogP contribution in [-0.4, -0.2) is 94.4 Å². The normalized spacial score (nSPS) is 14.3. The average Bonchev–Trinajstić information content (AvgIpc) is 3.80. The molecule has 0 saturated heterocycles. The molecule has 4 N–H and O–H groups in total. The Morgan fingerprint density at radius 2 is 1.88 bits per heavy atom. The highest BCUT2D eigenvalue weighted by atomic mass is 19.4. The average molecular weight is 704 g/mol. The van der Waals surface area contributed by atoms with Crippen LogP contribution in [0.2, 0.25) is 0 Å². The molecule has 1 aliphatic carbocycles. The first-order chi connectivity index (χ1) is 24.0. The van der Waals surface area contributed by atoms with E-state index in [9.17, 15) is 27.9 Å². The second-order valence-corrected chi connectivity index (χ2v) is 12.0. The van der Waals surface area contributed by atoms with E-state index in [0.717, 1.165) is 42.5 Å². The summed E-state index contributed by atoms with van der Waals surface area (Å²) in [6, 6.07) is 12.2. The van der Waals surface area contributed by atoms with E-state index >= 15 is 0 Å². The Morgan fingerprint density at radius 1 is 1.12 bits per heavy atom. The zero-order valence-corrected chi connectivity index (χ0v) is 28.0. The largest absolute Gasteiger partial charge is 0.506 e. The molecular weight excluding hydrogens is 659 g/mol. The van der Waals surface area contributed by atoms with E-state index in [2.05, 4.69) is 53.1 Å². The number of aliphatic carboxylic acids is 1. The first-order valence-corrected chi connectivity index (χ1v) is 16.7. The van der Waals surface area contributed by atoms with E-state index in [0.29, 0.717) is 63.2 Å². The number of amides is 2.